The van der Waals surface area contributed by atoms with Gasteiger partial charge in [0.05, 0.1) is 5.56 Å². The molecular weight excluding hydrogens is 252 g/mol. The zero-order valence-electron chi connectivity index (χ0n) is 11.8. The van der Waals surface area contributed by atoms with Gasteiger partial charge in [-0.05, 0) is 62.5 Å². The number of anilines is 1. The van der Waals surface area contributed by atoms with Gasteiger partial charge < -0.3 is 14.9 Å². The Morgan fingerprint density at radius 3 is 2.65 bits per heavy atom. The maximum Gasteiger partial charge on any atom is 0.335 e. The summed E-state index contributed by atoms with van der Waals surface area (Å²) in [6.07, 6.45) is 4.78. The summed E-state index contributed by atoms with van der Waals surface area (Å²) in [5, 5.41) is 9.08. The molecule has 0 radical (unpaired) electrons. The lowest BCUT2D eigenvalue weighted by atomic mass is 9.99. The number of fused-ring (bicyclic) bond motifs is 1. The molecule has 0 aliphatic carbocycles. The van der Waals surface area contributed by atoms with Crippen LogP contribution in [0.5, 0.6) is 0 Å². The topological polar surface area (TPSA) is 43.8 Å². The van der Waals surface area contributed by atoms with Crippen molar-refractivity contribution in [3.8, 4) is 0 Å². The predicted octanol–water partition coefficient (Wildman–Crippen LogP) is 2.23. The van der Waals surface area contributed by atoms with Crippen LogP contribution >= 0.6 is 0 Å². The van der Waals surface area contributed by atoms with Crippen molar-refractivity contribution in [2.75, 3.05) is 37.6 Å². The molecule has 1 aromatic rings. The first-order chi connectivity index (χ1) is 9.74. The number of carboxylic acid groups (broad SMARTS) is 1. The van der Waals surface area contributed by atoms with Crippen LogP contribution in [0.15, 0.2) is 18.2 Å². The van der Waals surface area contributed by atoms with Gasteiger partial charge in [-0.2, -0.15) is 0 Å². The fourth-order valence-electron chi connectivity index (χ4n) is 3.31. The second kappa shape index (κ2) is 5.83. The molecule has 0 aromatic heterocycles. The zero-order valence-corrected chi connectivity index (χ0v) is 11.8. The van der Waals surface area contributed by atoms with E-state index in [2.05, 4.69) is 9.80 Å². The summed E-state index contributed by atoms with van der Waals surface area (Å²) in [6, 6.07) is 5.57. The predicted molar refractivity (Wildman–Crippen MR) is 79.6 cm³/mol. The van der Waals surface area contributed by atoms with Gasteiger partial charge >= 0.3 is 5.97 Å². The molecule has 2 aliphatic rings. The van der Waals surface area contributed by atoms with E-state index in [4.69, 9.17) is 5.11 Å². The van der Waals surface area contributed by atoms with Gasteiger partial charge in [0.1, 0.15) is 0 Å². The van der Waals surface area contributed by atoms with Crippen LogP contribution in [-0.4, -0.2) is 48.7 Å². The number of nitrogens with zero attached hydrogens (tertiary/aromatic N) is 2. The molecule has 3 rings (SSSR count). The van der Waals surface area contributed by atoms with Crippen molar-refractivity contribution in [3.05, 3.63) is 29.3 Å². The van der Waals surface area contributed by atoms with Crippen LogP contribution in [0, 0.1) is 0 Å². The molecule has 0 unspecified atom stereocenters. The highest BCUT2D eigenvalue weighted by molar-refractivity contribution is 5.88. The van der Waals surface area contributed by atoms with E-state index in [0.29, 0.717) is 5.56 Å². The molecular formula is C16H22N2O2. The summed E-state index contributed by atoms with van der Waals surface area (Å²) in [7, 11) is 0. The first-order valence-corrected chi connectivity index (χ1v) is 7.57. The van der Waals surface area contributed by atoms with Crippen LogP contribution < -0.4 is 4.90 Å². The number of benzene rings is 1. The van der Waals surface area contributed by atoms with Gasteiger partial charge in [-0.3, -0.25) is 0 Å². The number of aryl methyl sites for hydroxylation is 1. The van der Waals surface area contributed by atoms with Gasteiger partial charge in [-0.1, -0.05) is 0 Å². The second-order valence-electron chi connectivity index (χ2n) is 5.79. The molecule has 1 N–H and O–H groups in total. The fourth-order valence-corrected chi connectivity index (χ4v) is 3.31. The Morgan fingerprint density at radius 1 is 1.10 bits per heavy atom. The number of rotatable bonds is 4. The van der Waals surface area contributed by atoms with Gasteiger partial charge in [-0.15, -0.1) is 0 Å². The molecule has 2 heterocycles. The van der Waals surface area contributed by atoms with E-state index in [9.17, 15) is 4.79 Å². The Bertz CT molecular complexity index is 495. The molecule has 20 heavy (non-hydrogen) atoms. The smallest absolute Gasteiger partial charge is 0.335 e. The third-order valence-corrected chi connectivity index (χ3v) is 4.43. The summed E-state index contributed by atoms with van der Waals surface area (Å²) in [6.45, 7) is 5.74. The van der Waals surface area contributed by atoms with Gasteiger partial charge in [0, 0.05) is 25.3 Å². The average molecular weight is 274 g/mol. The molecule has 4 heteroatoms. The summed E-state index contributed by atoms with van der Waals surface area (Å²) in [5.41, 5.74) is 2.84. The van der Waals surface area contributed by atoms with Crippen LogP contribution in [-0.2, 0) is 6.42 Å². The number of likely N-dealkylation sites (tertiary alicyclic amines) is 1. The zero-order chi connectivity index (χ0) is 13.9. The molecule has 4 nitrogen and oxygen atoms in total. The maximum atomic E-state index is 11.0. The number of carboxylic acids is 1. The van der Waals surface area contributed by atoms with E-state index in [1.54, 1.807) is 6.07 Å². The van der Waals surface area contributed by atoms with Crippen molar-refractivity contribution in [2.45, 2.75) is 25.7 Å². The van der Waals surface area contributed by atoms with Gasteiger partial charge in [0.15, 0.2) is 0 Å². The summed E-state index contributed by atoms with van der Waals surface area (Å²) >= 11 is 0. The summed E-state index contributed by atoms with van der Waals surface area (Å²) in [5.74, 6) is -0.831. The number of aromatic carboxylic acids is 1. The normalized spacial score (nSPS) is 19.1. The van der Waals surface area contributed by atoms with E-state index in [1.807, 2.05) is 12.1 Å². The van der Waals surface area contributed by atoms with E-state index < -0.39 is 5.97 Å². The first kappa shape index (κ1) is 13.4. The van der Waals surface area contributed by atoms with Gasteiger partial charge in [0.2, 0.25) is 0 Å². The quantitative estimate of drug-likeness (QED) is 0.914. The van der Waals surface area contributed by atoms with Crippen molar-refractivity contribution in [3.63, 3.8) is 0 Å². The fraction of sp³-hybridized carbons (Fsp3) is 0.562. The molecule has 0 atom stereocenters. The highest BCUT2D eigenvalue weighted by Gasteiger charge is 2.19. The Hall–Kier alpha value is -1.55. The van der Waals surface area contributed by atoms with Crippen LogP contribution in [0.1, 0.15) is 35.2 Å². The monoisotopic (exact) mass is 274 g/mol. The third-order valence-electron chi connectivity index (χ3n) is 4.43. The minimum Gasteiger partial charge on any atom is -0.478 e. The van der Waals surface area contributed by atoms with E-state index in [-0.39, 0.29) is 0 Å². The minimum atomic E-state index is -0.831. The van der Waals surface area contributed by atoms with Gasteiger partial charge in [0.25, 0.3) is 0 Å². The van der Waals surface area contributed by atoms with Crippen molar-refractivity contribution < 1.29 is 9.90 Å². The third kappa shape index (κ3) is 2.80. The lowest BCUT2D eigenvalue weighted by Gasteiger charge is -2.32. The minimum absolute atomic E-state index is 0.408. The van der Waals surface area contributed by atoms with Crippen molar-refractivity contribution in [1.29, 1.82) is 0 Å². The first-order valence-electron chi connectivity index (χ1n) is 7.57. The molecule has 0 spiro atoms. The Kier molecular flexibility index (Phi) is 3.92. The van der Waals surface area contributed by atoms with Crippen molar-refractivity contribution in [2.24, 2.45) is 0 Å². The Morgan fingerprint density at radius 2 is 1.90 bits per heavy atom. The molecule has 0 saturated carbocycles. The lowest BCUT2D eigenvalue weighted by Crippen LogP contribution is -2.36. The van der Waals surface area contributed by atoms with Crippen LogP contribution in [0.3, 0.4) is 0 Å². The Balaban J connectivity index is 1.70. The molecule has 1 saturated heterocycles. The van der Waals surface area contributed by atoms with Crippen LogP contribution in [0.4, 0.5) is 5.69 Å². The lowest BCUT2D eigenvalue weighted by molar-refractivity contribution is 0.0697. The van der Waals surface area contributed by atoms with Crippen molar-refractivity contribution >= 4 is 11.7 Å². The molecule has 1 aromatic carbocycles. The van der Waals surface area contributed by atoms with Crippen LogP contribution in [0.2, 0.25) is 0 Å². The highest BCUT2D eigenvalue weighted by Crippen LogP contribution is 2.28. The number of hydrogen-bond donors (Lipinski definition) is 1. The standard InChI is InChI=1S/C16H22N2O2/c19-16(20)14-5-6-15-13(12-14)4-3-9-18(15)11-10-17-7-1-2-8-17/h5-6,12H,1-4,7-11H2,(H,19,20). The SMILES string of the molecule is O=C(O)c1ccc2c(c1)CCCN2CCN1CCCC1. The van der Waals surface area contributed by atoms with E-state index >= 15 is 0 Å². The van der Waals surface area contributed by atoms with E-state index in [1.165, 1.54) is 37.2 Å². The second-order valence-corrected chi connectivity index (χ2v) is 5.79. The molecule has 1 fully saturated rings. The van der Waals surface area contributed by atoms with Crippen molar-refractivity contribution in [1.82, 2.24) is 4.90 Å². The average Bonchev–Trinajstić information content (AvgIpc) is 2.97. The maximum absolute atomic E-state index is 11.0. The molecule has 2 aliphatic heterocycles. The van der Waals surface area contributed by atoms with E-state index in [0.717, 1.165) is 32.5 Å². The largest absolute Gasteiger partial charge is 0.478 e. The van der Waals surface area contributed by atoms with Gasteiger partial charge in [-0.25, -0.2) is 4.79 Å². The number of hydrogen-bond acceptors (Lipinski definition) is 3. The van der Waals surface area contributed by atoms with Crippen LogP contribution in [0.25, 0.3) is 0 Å². The Labute approximate surface area is 120 Å². The summed E-state index contributed by atoms with van der Waals surface area (Å²) < 4.78 is 0. The molecule has 0 bridgehead atoms. The highest BCUT2D eigenvalue weighted by atomic mass is 16.4. The molecule has 0 amide bonds. The molecule has 108 valence electrons. The summed E-state index contributed by atoms with van der Waals surface area (Å²) in [4.78, 5) is 16.0. The number of carbonyl (C=O) groups is 1.